The maximum atomic E-state index is 12.2. The molecule has 0 aromatic heterocycles. The van der Waals surface area contributed by atoms with Gasteiger partial charge in [0.2, 0.25) is 0 Å². The molecule has 7 heteroatoms. The van der Waals surface area contributed by atoms with Gasteiger partial charge in [0.1, 0.15) is 5.70 Å². The minimum absolute atomic E-state index is 0.0513. The van der Waals surface area contributed by atoms with Crippen LogP contribution in [0.5, 0.6) is 0 Å². The first kappa shape index (κ1) is 17.9. The van der Waals surface area contributed by atoms with Gasteiger partial charge in [0, 0.05) is 17.7 Å². The van der Waals surface area contributed by atoms with Crippen molar-refractivity contribution in [3.8, 4) is 0 Å². The van der Waals surface area contributed by atoms with Crippen LogP contribution in [-0.4, -0.2) is 23.4 Å². The van der Waals surface area contributed by atoms with Crippen LogP contribution in [0.3, 0.4) is 0 Å². The summed E-state index contributed by atoms with van der Waals surface area (Å²) >= 11 is 0. The van der Waals surface area contributed by atoms with Crippen molar-refractivity contribution in [1.82, 2.24) is 5.32 Å². The Hall–Kier alpha value is -3.48. The molecular formula is C18H16N2O5. The molecule has 0 aliphatic carbocycles. The first-order chi connectivity index (χ1) is 12.0. The lowest BCUT2D eigenvalue weighted by molar-refractivity contribution is -0.384. The third-order valence-electron chi connectivity index (χ3n) is 3.19. The molecule has 0 saturated heterocycles. The Balaban J connectivity index is 2.27. The second-order valence-corrected chi connectivity index (χ2v) is 4.95. The maximum Gasteiger partial charge on any atom is 0.354 e. The van der Waals surface area contributed by atoms with Crippen molar-refractivity contribution < 1.29 is 19.2 Å². The molecule has 0 atom stereocenters. The third-order valence-corrected chi connectivity index (χ3v) is 3.19. The number of nitrogens with zero attached hydrogens (tertiary/aromatic N) is 1. The van der Waals surface area contributed by atoms with Crippen LogP contribution in [0.4, 0.5) is 5.69 Å². The molecule has 0 heterocycles. The van der Waals surface area contributed by atoms with Gasteiger partial charge in [-0.3, -0.25) is 14.9 Å². The molecule has 0 spiro atoms. The summed E-state index contributed by atoms with van der Waals surface area (Å²) in [6, 6.07) is 14.0. The van der Waals surface area contributed by atoms with Crippen molar-refractivity contribution in [1.29, 1.82) is 0 Å². The van der Waals surface area contributed by atoms with Crippen LogP contribution in [0.2, 0.25) is 0 Å². The van der Waals surface area contributed by atoms with E-state index in [9.17, 15) is 19.7 Å². The summed E-state index contributed by atoms with van der Waals surface area (Å²) in [5, 5.41) is 13.2. The van der Waals surface area contributed by atoms with Gasteiger partial charge in [-0.25, -0.2) is 4.79 Å². The number of nitro groups is 1. The standard InChI is InChI=1S/C18H16N2O5/c1-2-25-18(22)16(19-17(21)14-6-4-3-5-7-14)12-13-8-10-15(11-9-13)20(23)24/h3-12H,2H2,1H3,(H,19,21)/b16-12-. The molecule has 0 fully saturated rings. The predicted molar refractivity (Wildman–Crippen MR) is 91.6 cm³/mol. The SMILES string of the molecule is CCOC(=O)/C(=C/c1ccc([N+](=O)[O-])cc1)NC(=O)c1ccccc1. The molecule has 7 nitrogen and oxygen atoms in total. The van der Waals surface area contributed by atoms with E-state index in [2.05, 4.69) is 5.32 Å². The first-order valence-corrected chi connectivity index (χ1v) is 7.51. The summed E-state index contributed by atoms with van der Waals surface area (Å²) in [7, 11) is 0. The summed E-state index contributed by atoms with van der Waals surface area (Å²) in [6.07, 6.45) is 1.41. The van der Waals surface area contributed by atoms with E-state index in [1.807, 2.05) is 0 Å². The molecular weight excluding hydrogens is 324 g/mol. The fourth-order valence-corrected chi connectivity index (χ4v) is 2.00. The van der Waals surface area contributed by atoms with E-state index in [1.54, 1.807) is 37.3 Å². The first-order valence-electron chi connectivity index (χ1n) is 7.51. The van der Waals surface area contributed by atoms with Crippen LogP contribution in [0.25, 0.3) is 6.08 Å². The summed E-state index contributed by atoms with van der Waals surface area (Å²) in [5.74, 6) is -1.15. The fourth-order valence-electron chi connectivity index (χ4n) is 2.00. The summed E-state index contributed by atoms with van der Waals surface area (Å²) in [6.45, 7) is 1.80. The highest BCUT2D eigenvalue weighted by molar-refractivity contribution is 6.03. The third kappa shape index (κ3) is 5.00. The molecule has 0 saturated carbocycles. The van der Waals surface area contributed by atoms with E-state index < -0.39 is 16.8 Å². The smallest absolute Gasteiger partial charge is 0.354 e. The van der Waals surface area contributed by atoms with Crippen LogP contribution < -0.4 is 5.32 Å². The number of carbonyl (C=O) groups is 2. The second kappa shape index (κ2) is 8.39. The molecule has 0 radical (unpaired) electrons. The Labute approximate surface area is 144 Å². The predicted octanol–water partition coefficient (Wildman–Crippen LogP) is 2.93. The second-order valence-electron chi connectivity index (χ2n) is 4.95. The number of nitrogens with one attached hydrogen (secondary N) is 1. The van der Waals surface area contributed by atoms with Crippen molar-refractivity contribution in [3.05, 3.63) is 81.5 Å². The molecule has 0 unspecified atom stereocenters. The molecule has 2 aromatic rings. The lowest BCUT2D eigenvalue weighted by Crippen LogP contribution is -2.28. The quantitative estimate of drug-likeness (QED) is 0.377. The number of nitro benzene ring substituents is 1. The maximum absolute atomic E-state index is 12.2. The lowest BCUT2D eigenvalue weighted by atomic mass is 10.1. The molecule has 0 aliphatic rings. The number of benzene rings is 2. The highest BCUT2D eigenvalue weighted by Crippen LogP contribution is 2.14. The van der Waals surface area contributed by atoms with Gasteiger partial charge in [0.15, 0.2) is 0 Å². The van der Waals surface area contributed by atoms with Crippen LogP contribution in [-0.2, 0) is 9.53 Å². The van der Waals surface area contributed by atoms with Gasteiger partial charge in [-0.2, -0.15) is 0 Å². The summed E-state index contributed by atoms with van der Waals surface area (Å²) < 4.78 is 4.94. The van der Waals surface area contributed by atoms with Gasteiger partial charge in [0.05, 0.1) is 11.5 Å². The largest absolute Gasteiger partial charge is 0.461 e. The van der Waals surface area contributed by atoms with E-state index in [-0.39, 0.29) is 18.0 Å². The number of carbonyl (C=O) groups excluding carboxylic acids is 2. The van der Waals surface area contributed by atoms with Gasteiger partial charge in [-0.15, -0.1) is 0 Å². The summed E-state index contributed by atoms with van der Waals surface area (Å²) in [5.41, 5.74) is 0.788. The van der Waals surface area contributed by atoms with Crippen molar-refractivity contribution in [3.63, 3.8) is 0 Å². The molecule has 2 rings (SSSR count). The van der Waals surface area contributed by atoms with E-state index in [0.717, 1.165) is 0 Å². The van der Waals surface area contributed by atoms with Crippen LogP contribution in [0.15, 0.2) is 60.3 Å². The molecule has 0 bridgehead atoms. The Morgan fingerprint density at radius 3 is 2.32 bits per heavy atom. The molecule has 25 heavy (non-hydrogen) atoms. The van der Waals surface area contributed by atoms with Crippen LogP contribution >= 0.6 is 0 Å². The molecule has 1 amide bonds. The molecule has 2 aromatic carbocycles. The topological polar surface area (TPSA) is 98.5 Å². The Bertz CT molecular complexity index is 798. The Morgan fingerprint density at radius 2 is 1.76 bits per heavy atom. The number of amides is 1. The fraction of sp³-hybridized carbons (Fsp3) is 0.111. The van der Waals surface area contributed by atoms with Crippen molar-refractivity contribution >= 4 is 23.6 Å². The van der Waals surface area contributed by atoms with Gasteiger partial charge in [-0.05, 0) is 42.8 Å². The van der Waals surface area contributed by atoms with E-state index in [1.165, 1.54) is 30.3 Å². The van der Waals surface area contributed by atoms with Gasteiger partial charge in [-0.1, -0.05) is 18.2 Å². The number of esters is 1. The zero-order chi connectivity index (χ0) is 18.2. The monoisotopic (exact) mass is 340 g/mol. The van der Waals surface area contributed by atoms with Crippen molar-refractivity contribution in [2.24, 2.45) is 0 Å². The zero-order valence-electron chi connectivity index (χ0n) is 13.5. The Morgan fingerprint density at radius 1 is 1.12 bits per heavy atom. The number of hydrogen-bond donors (Lipinski definition) is 1. The number of ether oxygens (including phenoxy) is 1. The average Bonchev–Trinajstić information content (AvgIpc) is 2.62. The van der Waals surface area contributed by atoms with Crippen molar-refractivity contribution in [2.75, 3.05) is 6.61 Å². The highest BCUT2D eigenvalue weighted by Gasteiger charge is 2.15. The Kier molecular flexibility index (Phi) is 6.00. The minimum atomic E-state index is -0.690. The average molecular weight is 340 g/mol. The van der Waals surface area contributed by atoms with Gasteiger partial charge >= 0.3 is 5.97 Å². The van der Waals surface area contributed by atoms with Crippen molar-refractivity contribution in [2.45, 2.75) is 6.92 Å². The van der Waals surface area contributed by atoms with Gasteiger partial charge in [0.25, 0.3) is 11.6 Å². The van der Waals surface area contributed by atoms with E-state index >= 15 is 0 Å². The van der Waals surface area contributed by atoms with E-state index in [0.29, 0.717) is 11.1 Å². The van der Waals surface area contributed by atoms with E-state index in [4.69, 9.17) is 4.74 Å². The lowest BCUT2D eigenvalue weighted by Gasteiger charge is -2.09. The molecule has 0 aliphatic heterocycles. The zero-order valence-corrected chi connectivity index (χ0v) is 13.5. The molecule has 1 N–H and O–H groups in total. The number of hydrogen-bond acceptors (Lipinski definition) is 5. The van der Waals surface area contributed by atoms with Crippen LogP contribution in [0, 0.1) is 10.1 Å². The van der Waals surface area contributed by atoms with Gasteiger partial charge < -0.3 is 10.1 Å². The highest BCUT2D eigenvalue weighted by atomic mass is 16.6. The normalized spacial score (nSPS) is 10.8. The number of non-ortho nitro benzene ring substituents is 1. The number of rotatable bonds is 6. The molecule has 128 valence electrons. The minimum Gasteiger partial charge on any atom is -0.461 e. The van der Waals surface area contributed by atoms with Crippen LogP contribution in [0.1, 0.15) is 22.8 Å². The summed E-state index contributed by atoms with van der Waals surface area (Å²) in [4.78, 5) is 34.5.